The smallest absolute Gasteiger partial charge is 0.184 e. The molecule has 8 heterocycles. The number of nitriles is 1. The maximum atomic E-state index is 13.1. The number of rotatable bonds is 8. The van der Waals surface area contributed by atoms with Crippen LogP contribution in [0.3, 0.4) is 0 Å². The number of aromatic nitrogens is 2. The summed E-state index contributed by atoms with van der Waals surface area (Å²) in [7, 11) is 0. The molecule has 6 fully saturated rings. The van der Waals surface area contributed by atoms with Crippen molar-refractivity contribution in [3.63, 3.8) is 0 Å². The minimum atomic E-state index is -0.404. The van der Waals surface area contributed by atoms with Crippen LogP contribution < -0.4 is 5.32 Å². The SMILES string of the molecule is N#CC12CCC(CC1)N2Cc1ccccc1.O=C(c1cccnc1)C12CCC(CC1)N2Cc1ccccc1.OC(c1cccnc1)C12CCC(CC1)N2. The number of hydrogen-bond acceptors (Lipinski definition) is 8. The normalized spacial score (nSPS) is 31.3. The van der Waals surface area contributed by atoms with E-state index in [9.17, 15) is 15.2 Å². The maximum absolute atomic E-state index is 13.1. The molecule has 0 radical (unpaired) electrons. The van der Waals surface area contributed by atoms with Crippen molar-refractivity contribution in [2.24, 2.45) is 0 Å². The van der Waals surface area contributed by atoms with Crippen LogP contribution in [0.15, 0.2) is 110 Å². The van der Waals surface area contributed by atoms with Crippen LogP contribution in [0.1, 0.15) is 110 Å². The van der Waals surface area contributed by atoms with Crippen LogP contribution in [0.2, 0.25) is 0 Å². The number of pyridine rings is 2. The number of aliphatic hydroxyl groups is 1. The molecule has 2 N–H and O–H groups in total. The zero-order valence-corrected chi connectivity index (χ0v) is 30.7. The van der Waals surface area contributed by atoms with Gasteiger partial charge in [-0.3, -0.25) is 24.6 Å². The van der Waals surface area contributed by atoms with Crippen molar-refractivity contribution in [3.05, 3.63) is 132 Å². The fourth-order valence-electron chi connectivity index (χ4n) is 10.5. The van der Waals surface area contributed by atoms with E-state index in [-0.39, 0.29) is 22.4 Å². The lowest BCUT2D eigenvalue weighted by Crippen LogP contribution is -2.47. The lowest BCUT2D eigenvalue weighted by atomic mass is 9.81. The first-order valence-electron chi connectivity index (χ1n) is 19.8. The van der Waals surface area contributed by atoms with Crippen molar-refractivity contribution in [1.82, 2.24) is 25.1 Å². The van der Waals surface area contributed by atoms with Crippen molar-refractivity contribution in [1.29, 1.82) is 5.26 Å². The number of nitrogens with one attached hydrogen (secondary N) is 1. The lowest BCUT2D eigenvalue weighted by Gasteiger charge is -2.33. The second-order valence-corrected chi connectivity index (χ2v) is 16.2. The summed E-state index contributed by atoms with van der Waals surface area (Å²) in [6, 6.07) is 33.0. The van der Waals surface area contributed by atoms with Crippen molar-refractivity contribution in [3.8, 4) is 6.07 Å². The number of ketones is 1. The van der Waals surface area contributed by atoms with Gasteiger partial charge in [0.25, 0.3) is 0 Å². The van der Waals surface area contributed by atoms with Crippen molar-refractivity contribution >= 4 is 5.78 Å². The van der Waals surface area contributed by atoms with E-state index in [1.54, 1.807) is 24.8 Å². The quantitative estimate of drug-likeness (QED) is 0.181. The Morgan fingerprint density at radius 3 is 1.83 bits per heavy atom. The number of Topliss-reactive ketones (excluding diaryl/α,β-unsaturated/α-hetero) is 1. The number of fused-ring (bicyclic) bond motifs is 6. The average molecular weight is 709 g/mol. The largest absolute Gasteiger partial charge is 0.386 e. The van der Waals surface area contributed by atoms with E-state index in [0.29, 0.717) is 18.1 Å². The molecule has 0 spiro atoms. The third-order valence-electron chi connectivity index (χ3n) is 13.4. The zero-order chi connectivity index (χ0) is 36.3. The summed E-state index contributed by atoms with van der Waals surface area (Å²) in [4.78, 5) is 26.2. The van der Waals surface area contributed by atoms with Gasteiger partial charge in [-0.2, -0.15) is 5.26 Å². The Morgan fingerprint density at radius 2 is 1.30 bits per heavy atom. The second-order valence-electron chi connectivity index (χ2n) is 16.2. The van der Waals surface area contributed by atoms with Crippen LogP contribution in [0, 0.1) is 11.3 Å². The van der Waals surface area contributed by atoms with Gasteiger partial charge in [0, 0.05) is 72.7 Å². The molecule has 1 unspecified atom stereocenters. The highest BCUT2D eigenvalue weighted by molar-refractivity contribution is 6.03. The molecule has 8 nitrogen and oxygen atoms in total. The highest BCUT2D eigenvalue weighted by Gasteiger charge is 2.56. The van der Waals surface area contributed by atoms with Gasteiger partial charge in [0.2, 0.25) is 0 Å². The first kappa shape index (κ1) is 35.8. The van der Waals surface area contributed by atoms with Crippen molar-refractivity contribution < 1.29 is 9.90 Å². The maximum Gasteiger partial charge on any atom is 0.184 e. The molecule has 2 aromatic carbocycles. The van der Waals surface area contributed by atoms with Gasteiger partial charge < -0.3 is 10.4 Å². The molecule has 4 aromatic rings. The Bertz CT molecular complexity index is 1840. The molecule has 274 valence electrons. The van der Waals surface area contributed by atoms with Gasteiger partial charge in [0.05, 0.1) is 17.7 Å². The van der Waals surface area contributed by atoms with Crippen LogP contribution in [-0.2, 0) is 13.1 Å². The van der Waals surface area contributed by atoms with Crippen molar-refractivity contribution in [2.45, 2.75) is 131 Å². The van der Waals surface area contributed by atoms with Crippen LogP contribution in [0.4, 0.5) is 0 Å². The third kappa shape index (κ3) is 6.97. The fourth-order valence-corrected chi connectivity index (χ4v) is 10.5. The highest BCUT2D eigenvalue weighted by Crippen LogP contribution is 2.49. The highest BCUT2D eigenvalue weighted by atomic mass is 16.3. The van der Waals surface area contributed by atoms with Crippen LogP contribution >= 0.6 is 0 Å². The lowest BCUT2D eigenvalue weighted by molar-refractivity contribution is 0.0689. The second kappa shape index (κ2) is 15.2. The molecule has 2 aromatic heterocycles. The minimum Gasteiger partial charge on any atom is -0.386 e. The standard InChI is InChI=1S/C19H20N2O.C14H16N2.C12H16N2O/c22-18(16-7-4-12-20-13-16)19-10-8-17(9-11-19)21(19)14-15-5-2-1-3-6-15;15-11-14-8-6-13(7-9-14)16(14)10-12-4-2-1-3-5-12;15-11(9-2-1-7-13-8-9)12-5-3-10(14-12)4-6-12/h1-7,12-13,17H,8-11,14H2;1-5,13H,6-10H2;1-2,7-8,10-11,14-15H,3-6H2. The van der Waals surface area contributed by atoms with Gasteiger partial charge in [0.1, 0.15) is 5.54 Å². The fraction of sp³-hybridized carbons (Fsp3) is 0.467. The Labute approximate surface area is 314 Å². The molecule has 6 saturated heterocycles. The van der Waals surface area contributed by atoms with Crippen LogP contribution in [-0.4, -0.2) is 65.4 Å². The van der Waals surface area contributed by atoms with E-state index < -0.39 is 6.10 Å². The zero-order valence-electron chi connectivity index (χ0n) is 30.7. The molecule has 10 rings (SSSR count). The third-order valence-corrected chi connectivity index (χ3v) is 13.4. The molecule has 6 aliphatic heterocycles. The summed E-state index contributed by atoms with van der Waals surface area (Å²) in [6.45, 7) is 1.82. The summed E-state index contributed by atoms with van der Waals surface area (Å²) in [5, 5.41) is 23.4. The van der Waals surface area contributed by atoms with E-state index >= 15 is 0 Å². The van der Waals surface area contributed by atoms with Gasteiger partial charge in [0.15, 0.2) is 5.78 Å². The van der Waals surface area contributed by atoms with E-state index in [2.05, 4.69) is 79.7 Å². The number of carbonyl (C=O) groups excluding carboxylic acids is 1. The first-order chi connectivity index (χ1) is 25.9. The van der Waals surface area contributed by atoms with Gasteiger partial charge in [-0.1, -0.05) is 66.7 Å². The first-order valence-corrected chi connectivity index (χ1v) is 19.8. The number of aliphatic hydroxyl groups excluding tert-OH is 1. The van der Waals surface area contributed by atoms with Crippen LogP contribution in [0.25, 0.3) is 0 Å². The van der Waals surface area contributed by atoms with Crippen LogP contribution in [0.5, 0.6) is 0 Å². The van der Waals surface area contributed by atoms with E-state index in [1.807, 2.05) is 36.4 Å². The summed E-state index contributed by atoms with van der Waals surface area (Å²) in [5.41, 5.74) is 3.81. The summed E-state index contributed by atoms with van der Waals surface area (Å²) < 4.78 is 0. The molecule has 8 heteroatoms. The van der Waals surface area contributed by atoms with Gasteiger partial charge in [-0.15, -0.1) is 0 Å². The number of benzene rings is 2. The molecule has 0 amide bonds. The number of carbonyl (C=O) groups is 1. The topological polar surface area (TPSA) is 105 Å². The molecule has 53 heavy (non-hydrogen) atoms. The van der Waals surface area contributed by atoms with Gasteiger partial charge >= 0.3 is 0 Å². The average Bonchev–Trinajstić information content (AvgIpc) is 4.11. The molecular weight excluding hydrogens is 657 g/mol. The predicted octanol–water partition coefficient (Wildman–Crippen LogP) is 7.57. The van der Waals surface area contributed by atoms with Gasteiger partial charge in [-0.25, -0.2) is 0 Å². The number of hydrogen-bond donors (Lipinski definition) is 2. The van der Waals surface area contributed by atoms with Gasteiger partial charge in [-0.05, 0) is 106 Å². The molecule has 0 saturated carbocycles. The Balaban J connectivity index is 0.000000116. The van der Waals surface area contributed by atoms with E-state index in [0.717, 1.165) is 75.6 Å². The molecule has 1 atom stereocenters. The minimum absolute atomic E-state index is 0.0618. The monoisotopic (exact) mass is 708 g/mol. The Morgan fingerprint density at radius 1 is 0.736 bits per heavy atom. The Hall–Kier alpha value is -4.26. The Kier molecular flexibility index (Phi) is 10.3. The van der Waals surface area contributed by atoms with E-state index in [1.165, 1.54) is 36.8 Å². The molecule has 0 aliphatic carbocycles. The number of nitrogens with zero attached hydrogens (tertiary/aromatic N) is 5. The summed E-state index contributed by atoms with van der Waals surface area (Å²) in [6.07, 6.45) is 19.9. The summed E-state index contributed by atoms with van der Waals surface area (Å²) in [5.74, 6) is 0.261. The molecule has 6 aliphatic rings. The van der Waals surface area contributed by atoms with Crippen molar-refractivity contribution in [2.75, 3.05) is 0 Å². The van der Waals surface area contributed by atoms with E-state index in [4.69, 9.17) is 0 Å². The summed E-state index contributed by atoms with van der Waals surface area (Å²) >= 11 is 0. The predicted molar refractivity (Wildman–Crippen MR) is 205 cm³/mol. The molecular formula is C45H52N6O2. The molecule has 6 bridgehead atoms.